The minimum atomic E-state index is -0.206. The summed E-state index contributed by atoms with van der Waals surface area (Å²) in [6, 6.07) is 6.08. The molecule has 2 atom stereocenters. The summed E-state index contributed by atoms with van der Waals surface area (Å²) in [4.78, 5) is 12.0. The largest absolute Gasteiger partial charge is 0.469 e. The van der Waals surface area contributed by atoms with Gasteiger partial charge in [0.2, 0.25) is 0 Å². The van der Waals surface area contributed by atoms with Crippen LogP contribution >= 0.6 is 15.9 Å². The van der Waals surface area contributed by atoms with Crippen LogP contribution in [0.2, 0.25) is 0 Å². The van der Waals surface area contributed by atoms with Crippen LogP contribution in [0.15, 0.2) is 22.7 Å². The van der Waals surface area contributed by atoms with Gasteiger partial charge in [-0.15, -0.1) is 0 Å². The first-order valence-corrected chi connectivity index (χ1v) is 7.22. The van der Waals surface area contributed by atoms with E-state index in [0.29, 0.717) is 0 Å². The first-order chi connectivity index (χ1) is 8.92. The zero-order chi connectivity index (χ0) is 14.6. The zero-order valence-electron chi connectivity index (χ0n) is 12.2. The number of hydrogen-bond acceptors (Lipinski definition) is 3. The number of ether oxygens (including phenoxy) is 1. The predicted octanol–water partition coefficient (Wildman–Crippen LogP) is 3.46. The summed E-state index contributed by atoms with van der Waals surface area (Å²) < 4.78 is 5.97. The van der Waals surface area contributed by atoms with Gasteiger partial charge in [0.1, 0.15) is 0 Å². The Kier molecular flexibility index (Phi) is 6.01. The number of carbonyl (C=O) groups excluding carboxylic acids is 1. The van der Waals surface area contributed by atoms with Crippen molar-refractivity contribution in [2.45, 2.75) is 26.8 Å². The van der Waals surface area contributed by atoms with Crippen molar-refractivity contribution in [3.8, 4) is 0 Å². The SMILES string of the molecule is CNC(c1cc(Br)ccc1C)C(C(=O)OC)C(C)C. The van der Waals surface area contributed by atoms with Crippen LogP contribution < -0.4 is 5.32 Å². The van der Waals surface area contributed by atoms with Gasteiger partial charge < -0.3 is 10.1 Å². The Morgan fingerprint density at radius 1 is 1.37 bits per heavy atom. The number of halogens is 1. The molecule has 3 nitrogen and oxygen atoms in total. The van der Waals surface area contributed by atoms with Crippen molar-refractivity contribution in [1.82, 2.24) is 5.32 Å². The molecule has 1 aromatic carbocycles. The van der Waals surface area contributed by atoms with E-state index in [2.05, 4.69) is 40.3 Å². The van der Waals surface area contributed by atoms with Crippen molar-refractivity contribution in [2.24, 2.45) is 11.8 Å². The normalized spacial score (nSPS) is 14.3. The first kappa shape index (κ1) is 16.2. The molecule has 0 aromatic heterocycles. The van der Waals surface area contributed by atoms with Crippen LogP contribution in [-0.4, -0.2) is 20.1 Å². The van der Waals surface area contributed by atoms with E-state index in [0.717, 1.165) is 15.6 Å². The third kappa shape index (κ3) is 3.80. The van der Waals surface area contributed by atoms with Crippen LogP contribution in [0.4, 0.5) is 0 Å². The lowest BCUT2D eigenvalue weighted by atomic mass is 9.83. The Bertz CT molecular complexity index is 446. The Morgan fingerprint density at radius 2 is 2.00 bits per heavy atom. The maximum absolute atomic E-state index is 12.0. The number of methoxy groups -OCH3 is 1. The van der Waals surface area contributed by atoms with Crippen LogP contribution in [0.3, 0.4) is 0 Å². The maximum Gasteiger partial charge on any atom is 0.310 e. The Labute approximate surface area is 123 Å². The Morgan fingerprint density at radius 3 is 2.47 bits per heavy atom. The summed E-state index contributed by atoms with van der Waals surface area (Å²) in [5.74, 6) is -0.181. The molecule has 0 aliphatic heterocycles. The van der Waals surface area contributed by atoms with Crippen LogP contribution in [0.1, 0.15) is 31.0 Å². The molecular formula is C15H22BrNO2. The third-order valence-corrected chi connectivity index (χ3v) is 3.93. The summed E-state index contributed by atoms with van der Waals surface area (Å²) >= 11 is 3.49. The van der Waals surface area contributed by atoms with Gasteiger partial charge in [-0.2, -0.15) is 0 Å². The van der Waals surface area contributed by atoms with Gasteiger partial charge in [0.05, 0.1) is 13.0 Å². The second-order valence-corrected chi connectivity index (χ2v) is 5.98. The number of carbonyl (C=O) groups is 1. The smallest absolute Gasteiger partial charge is 0.310 e. The molecule has 0 fully saturated rings. The number of benzene rings is 1. The summed E-state index contributed by atoms with van der Waals surface area (Å²) in [6.07, 6.45) is 0. The van der Waals surface area contributed by atoms with Gasteiger partial charge in [0.25, 0.3) is 0 Å². The fraction of sp³-hybridized carbons (Fsp3) is 0.533. The number of rotatable bonds is 5. The monoisotopic (exact) mass is 327 g/mol. The van der Waals surface area contributed by atoms with Gasteiger partial charge in [-0.05, 0) is 43.1 Å². The summed E-state index contributed by atoms with van der Waals surface area (Å²) in [7, 11) is 3.32. The maximum atomic E-state index is 12.0. The van der Waals surface area contributed by atoms with Crippen LogP contribution in [0, 0.1) is 18.8 Å². The number of aryl methyl sites for hydroxylation is 1. The standard InChI is InChI=1S/C15H22BrNO2/c1-9(2)13(15(18)19-5)14(17-4)12-8-11(16)7-6-10(12)3/h6-9,13-14,17H,1-5H3. The van der Waals surface area contributed by atoms with Gasteiger partial charge >= 0.3 is 5.97 Å². The molecule has 0 saturated heterocycles. The summed E-state index contributed by atoms with van der Waals surface area (Å²) in [5.41, 5.74) is 2.29. The lowest BCUT2D eigenvalue weighted by Crippen LogP contribution is -2.35. The van der Waals surface area contributed by atoms with E-state index in [4.69, 9.17) is 4.74 Å². The number of esters is 1. The van der Waals surface area contributed by atoms with E-state index in [9.17, 15) is 4.79 Å². The van der Waals surface area contributed by atoms with Crippen molar-refractivity contribution < 1.29 is 9.53 Å². The van der Waals surface area contributed by atoms with Gasteiger partial charge in [-0.1, -0.05) is 35.8 Å². The topological polar surface area (TPSA) is 38.3 Å². The zero-order valence-corrected chi connectivity index (χ0v) is 13.7. The van der Waals surface area contributed by atoms with Gasteiger partial charge in [0.15, 0.2) is 0 Å². The lowest BCUT2D eigenvalue weighted by molar-refractivity contribution is -0.148. The molecule has 19 heavy (non-hydrogen) atoms. The van der Waals surface area contributed by atoms with Crippen molar-refractivity contribution in [2.75, 3.05) is 14.2 Å². The van der Waals surface area contributed by atoms with E-state index >= 15 is 0 Å². The quantitative estimate of drug-likeness (QED) is 0.841. The highest BCUT2D eigenvalue weighted by Crippen LogP contribution is 2.32. The molecule has 0 radical (unpaired) electrons. The number of hydrogen-bond donors (Lipinski definition) is 1. The van der Waals surface area contributed by atoms with Crippen molar-refractivity contribution in [1.29, 1.82) is 0 Å². The average Bonchev–Trinajstić information content (AvgIpc) is 2.37. The fourth-order valence-electron chi connectivity index (χ4n) is 2.40. The van der Waals surface area contributed by atoms with Crippen LogP contribution in [-0.2, 0) is 9.53 Å². The molecule has 0 aliphatic rings. The second kappa shape index (κ2) is 7.06. The van der Waals surface area contributed by atoms with E-state index in [1.165, 1.54) is 7.11 Å². The van der Waals surface area contributed by atoms with Crippen molar-refractivity contribution >= 4 is 21.9 Å². The van der Waals surface area contributed by atoms with E-state index < -0.39 is 0 Å². The minimum Gasteiger partial charge on any atom is -0.469 e. The molecule has 0 bridgehead atoms. The highest BCUT2D eigenvalue weighted by molar-refractivity contribution is 9.10. The number of nitrogens with one attached hydrogen (secondary N) is 1. The van der Waals surface area contributed by atoms with Crippen molar-refractivity contribution in [3.05, 3.63) is 33.8 Å². The van der Waals surface area contributed by atoms with Gasteiger partial charge in [-0.25, -0.2) is 0 Å². The van der Waals surface area contributed by atoms with Gasteiger partial charge in [-0.3, -0.25) is 4.79 Å². The molecule has 0 amide bonds. The van der Waals surface area contributed by atoms with Crippen LogP contribution in [0.25, 0.3) is 0 Å². The van der Waals surface area contributed by atoms with E-state index in [1.807, 2.05) is 27.0 Å². The molecule has 2 unspecified atom stereocenters. The van der Waals surface area contributed by atoms with E-state index in [1.54, 1.807) is 0 Å². The molecule has 0 saturated carbocycles. The molecule has 1 N–H and O–H groups in total. The molecule has 4 heteroatoms. The Hall–Kier alpha value is -0.870. The summed E-state index contributed by atoms with van der Waals surface area (Å²) in [5, 5.41) is 3.26. The molecule has 1 aromatic rings. The third-order valence-electron chi connectivity index (χ3n) is 3.44. The molecule has 1 rings (SSSR count). The van der Waals surface area contributed by atoms with Gasteiger partial charge in [0, 0.05) is 10.5 Å². The predicted molar refractivity (Wildman–Crippen MR) is 81.0 cm³/mol. The molecule has 0 spiro atoms. The highest BCUT2D eigenvalue weighted by Gasteiger charge is 2.33. The minimum absolute atomic E-state index is 0.0510. The van der Waals surface area contributed by atoms with Crippen molar-refractivity contribution in [3.63, 3.8) is 0 Å². The summed E-state index contributed by atoms with van der Waals surface area (Å²) in [6.45, 7) is 6.14. The average molecular weight is 328 g/mol. The van der Waals surface area contributed by atoms with E-state index in [-0.39, 0.29) is 23.8 Å². The second-order valence-electron chi connectivity index (χ2n) is 5.06. The lowest BCUT2D eigenvalue weighted by Gasteiger charge is -2.29. The molecule has 0 aliphatic carbocycles. The first-order valence-electron chi connectivity index (χ1n) is 6.43. The fourth-order valence-corrected chi connectivity index (χ4v) is 2.78. The molecule has 106 valence electrons. The van der Waals surface area contributed by atoms with Crippen LogP contribution in [0.5, 0.6) is 0 Å². The molecular weight excluding hydrogens is 306 g/mol. The molecule has 0 heterocycles. The highest BCUT2D eigenvalue weighted by atomic mass is 79.9. The Balaban J connectivity index is 3.23.